The van der Waals surface area contributed by atoms with E-state index in [1.807, 2.05) is 6.92 Å². The van der Waals surface area contributed by atoms with Gasteiger partial charge in [0.25, 0.3) is 0 Å². The van der Waals surface area contributed by atoms with Crippen LogP contribution in [-0.4, -0.2) is 32.2 Å². The molecule has 3 heteroatoms. The number of carbonyl (C=O) groups excluding carboxylic acids is 1. The molecule has 0 aromatic carbocycles. The lowest BCUT2D eigenvalue weighted by molar-refractivity contribution is -0.149. The van der Waals surface area contributed by atoms with E-state index in [4.69, 9.17) is 9.47 Å². The molecule has 3 nitrogen and oxygen atoms in total. The third-order valence-corrected chi connectivity index (χ3v) is 3.70. The Morgan fingerprint density at radius 1 is 1.25 bits per heavy atom. The number of ketones is 1. The number of rotatable bonds is 6. The number of methoxy groups -OCH3 is 2. The van der Waals surface area contributed by atoms with Crippen LogP contribution in [0.5, 0.6) is 0 Å². The maximum absolute atomic E-state index is 12.4. The largest absolute Gasteiger partial charge is 0.385 e. The highest BCUT2D eigenvalue weighted by Gasteiger charge is 2.41. The molecule has 0 amide bonds. The number of Topliss-reactive ketones (excluding diaryl/α,β-unsaturated/α-hetero) is 1. The van der Waals surface area contributed by atoms with Gasteiger partial charge in [0.1, 0.15) is 5.60 Å². The summed E-state index contributed by atoms with van der Waals surface area (Å²) in [5.74, 6) is 0.310. The molecule has 1 saturated carbocycles. The van der Waals surface area contributed by atoms with Gasteiger partial charge in [-0.25, -0.2) is 0 Å². The van der Waals surface area contributed by atoms with Crippen LogP contribution in [0, 0.1) is 5.92 Å². The summed E-state index contributed by atoms with van der Waals surface area (Å²) in [5, 5.41) is 0. The summed E-state index contributed by atoms with van der Waals surface area (Å²) in [5.41, 5.74) is -0.495. The Hall–Kier alpha value is -0.410. The lowest BCUT2D eigenvalue weighted by atomic mass is 9.77. The zero-order chi connectivity index (χ0) is 12.0. The zero-order valence-corrected chi connectivity index (χ0v) is 10.8. The van der Waals surface area contributed by atoms with E-state index in [9.17, 15) is 4.79 Å². The number of hydrogen-bond donors (Lipinski definition) is 0. The summed E-state index contributed by atoms with van der Waals surface area (Å²) >= 11 is 0. The Balaban J connectivity index is 2.60. The highest BCUT2D eigenvalue weighted by Crippen LogP contribution is 2.34. The van der Waals surface area contributed by atoms with Crippen molar-refractivity contribution in [3.05, 3.63) is 0 Å². The van der Waals surface area contributed by atoms with Crippen molar-refractivity contribution in [2.75, 3.05) is 20.8 Å². The van der Waals surface area contributed by atoms with Crippen molar-refractivity contribution in [3.63, 3.8) is 0 Å². The van der Waals surface area contributed by atoms with Crippen molar-refractivity contribution in [1.29, 1.82) is 0 Å². The van der Waals surface area contributed by atoms with Crippen LogP contribution < -0.4 is 0 Å². The second kappa shape index (κ2) is 6.36. The van der Waals surface area contributed by atoms with Crippen LogP contribution in [0.4, 0.5) is 0 Å². The van der Waals surface area contributed by atoms with Gasteiger partial charge in [-0.05, 0) is 19.3 Å². The summed E-state index contributed by atoms with van der Waals surface area (Å²) in [6.07, 6.45) is 6.01. The number of carbonyl (C=O) groups is 1. The molecule has 1 rings (SSSR count). The first-order chi connectivity index (χ1) is 7.66. The molecule has 0 N–H and O–H groups in total. The van der Waals surface area contributed by atoms with Crippen LogP contribution in [0.2, 0.25) is 0 Å². The lowest BCUT2D eigenvalue weighted by Crippen LogP contribution is -2.45. The highest BCUT2D eigenvalue weighted by molar-refractivity contribution is 5.89. The first-order valence-corrected chi connectivity index (χ1v) is 6.24. The van der Waals surface area contributed by atoms with Crippen LogP contribution in [-0.2, 0) is 14.3 Å². The monoisotopic (exact) mass is 228 g/mol. The third-order valence-electron chi connectivity index (χ3n) is 3.70. The van der Waals surface area contributed by atoms with Gasteiger partial charge < -0.3 is 9.47 Å². The standard InChI is InChI=1S/C13H24O3/c1-11(7-10-15-2)12(14)13(16-3)8-5-4-6-9-13/h11H,4-10H2,1-3H3. The van der Waals surface area contributed by atoms with Crippen LogP contribution in [0.25, 0.3) is 0 Å². The number of hydrogen-bond acceptors (Lipinski definition) is 3. The Kier molecular flexibility index (Phi) is 5.42. The van der Waals surface area contributed by atoms with Gasteiger partial charge in [0.2, 0.25) is 0 Å². The molecule has 1 unspecified atom stereocenters. The SMILES string of the molecule is COCCC(C)C(=O)C1(OC)CCCCC1. The smallest absolute Gasteiger partial charge is 0.167 e. The summed E-state index contributed by atoms with van der Waals surface area (Å²) in [7, 11) is 3.34. The molecule has 1 atom stereocenters. The molecule has 1 aliphatic rings. The second-order valence-electron chi connectivity index (χ2n) is 4.81. The summed E-state index contributed by atoms with van der Waals surface area (Å²) in [4.78, 5) is 12.4. The molecule has 1 aliphatic carbocycles. The van der Waals surface area contributed by atoms with E-state index >= 15 is 0 Å². The molecule has 0 aromatic heterocycles. The van der Waals surface area contributed by atoms with Crippen molar-refractivity contribution < 1.29 is 14.3 Å². The van der Waals surface area contributed by atoms with E-state index in [1.165, 1.54) is 6.42 Å². The molecule has 94 valence electrons. The topological polar surface area (TPSA) is 35.5 Å². The average molecular weight is 228 g/mol. The van der Waals surface area contributed by atoms with Crippen LogP contribution in [0.15, 0.2) is 0 Å². The molecule has 0 aromatic rings. The van der Waals surface area contributed by atoms with Gasteiger partial charge >= 0.3 is 0 Å². The normalized spacial score (nSPS) is 21.7. The summed E-state index contributed by atoms with van der Waals surface area (Å²) in [6, 6.07) is 0. The molecule has 0 radical (unpaired) electrons. The van der Waals surface area contributed by atoms with Gasteiger partial charge in [0.15, 0.2) is 5.78 Å². The fraction of sp³-hybridized carbons (Fsp3) is 0.923. The molecule has 0 bridgehead atoms. The Morgan fingerprint density at radius 3 is 2.38 bits per heavy atom. The van der Waals surface area contributed by atoms with Crippen molar-refractivity contribution >= 4 is 5.78 Å². The van der Waals surface area contributed by atoms with Gasteiger partial charge in [-0.15, -0.1) is 0 Å². The minimum absolute atomic E-state index is 0.0398. The fourth-order valence-corrected chi connectivity index (χ4v) is 2.55. The maximum Gasteiger partial charge on any atom is 0.167 e. The molecule has 0 heterocycles. The first kappa shape index (κ1) is 13.7. The van der Waals surface area contributed by atoms with Gasteiger partial charge in [-0.2, -0.15) is 0 Å². The van der Waals surface area contributed by atoms with E-state index in [1.54, 1.807) is 14.2 Å². The Labute approximate surface area is 98.5 Å². The van der Waals surface area contributed by atoms with Gasteiger partial charge in [0.05, 0.1) is 0 Å². The maximum atomic E-state index is 12.4. The molecule has 0 spiro atoms. The van der Waals surface area contributed by atoms with Gasteiger partial charge in [-0.3, -0.25) is 4.79 Å². The van der Waals surface area contributed by atoms with Crippen LogP contribution >= 0.6 is 0 Å². The Bertz CT molecular complexity index is 219. The minimum atomic E-state index is -0.495. The summed E-state index contributed by atoms with van der Waals surface area (Å²) < 4.78 is 10.6. The predicted octanol–water partition coefficient (Wildman–Crippen LogP) is 2.58. The van der Waals surface area contributed by atoms with Crippen molar-refractivity contribution in [2.24, 2.45) is 5.92 Å². The van der Waals surface area contributed by atoms with Crippen molar-refractivity contribution in [3.8, 4) is 0 Å². The predicted molar refractivity (Wildman–Crippen MR) is 63.5 cm³/mol. The molecule has 0 aliphatic heterocycles. The second-order valence-corrected chi connectivity index (χ2v) is 4.81. The first-order valence-electron chi connectivity index (χ1n) is 6.24. The van der Waals surface area contributed by atoms with Crippen LogP contribution in [0.3, 0.4) is 0 Å². The van der Waals surface area contributed by atoms with Crippen molar-refractivity contribution in [2.45, 2.75) is 51.0 Å². The average Bonchev–Trinajstić information content (AvgIpc) is 2.35. The van der Waals surface area contributed by atoms with Crippen molar-refractivity contribution in [1.82, 2.24) is 0 Å². The summed E-state index contributed by atoms with van der Waals surface area (Å²) in [6.45, 7) is 2.63. The van der Waals surface area contributed by atoms with E-state index in [0.29, 0.717) is 6.61 Å². The molecule has 0 saturated heterocycles. The zero-order valence-electron chi connectivity index (χ0n) is 10.8. The van der Waals surface area contributed by atoms with E-state index < -0.39 is 5.60 Å². The molecule has 16 heavy (non-hydrogen) atoms. The minimum Gasteiger partial charge on any atom is -0.385 e. The Morgan fingerprint density at radius 2 is 1.88 bits per heavy atom. The van der Waals surface area contributed by atoms with E-state index in [2.05, 4.69) is 0 Å². The van der Waals surface area contributed by atoms with Gasteiger partial charge in [-0.1, -0.05) is 26.2 Å². The fourth-order valence-electron chi connectivity index (χ4n) is 2.55. The molecular weight excluding hydrogens is 204 g/mol. The van der Waals surface area contributed by atoms with Crippen LogP contribution in [0.1, 0.15) is 45.4 Å². The quantitative estimate of drug-likeness (QED) is 0.701. The van der Waals surface area contributed by atoms with E-state index in [-0.39, 0.29) is 11.7 Å². The number of ether oxygens (including phenoxy) is 2. The third kappa shape index (κ3) is 3.05. The van der Waals surface area contributed by atoms with Gasteiger partial charge in [0, 0.05) is 26.7 Å². The molecular formula is C13H24O3. The highest BCUT2D eigenvalue weighted by atomic mass is 16.5. The molecule has 1 fully saturated rings. The van der Waals surface area contributed by atoms with E-state index in [0.717, 1.165) is 32.1 Å². The lowest BCUT2D eigenvalue weighted by Gasteiger charge is -2.36.